The maximum absolute atomic E-state index is 12.0. The van der Waals surface area contributed by atoms with Crippen molar-refractivity contribution in [3.63, 3.8) is 0 Å². The highest BCUT2D eigenvalue weighted by Gasteiger charge is 2.22. The fraction of sp³-hybridized carbons (Fsp3) is 0.500. The van der Waals surface area contributed by atoms with E-state index in [0.29, 0.717) is 0 Å². The van der Waals surface area contributed by atoms with Crippen LogP contribution in [0.1, 0.15) is 12.0 Å². The molecule has 0 aliphatic carbocycles. The standard InChI is InChI=1S/C10H14N2OS.ClH/c1-8-2-5-12-10(6-8)14(13)9-3-4-11-7-9;/h2,5-6,9,11H,3-4,7H2,1H3;1H/t9-,14?;/m1./s1. The first-order chi connectivity index (χ1) is 6.77. The van der Waals surface area contributed by atoms with Crippen molar-refractivity contribution in [3.8, 4) is 0 Å². The highest BCUT2D eigenvalue weighted by Crippen LogP contribution is 2.14. The summed E-state index contributed by atoms with van der Waals surface area (Å²) < 4.78 is 12.0. The Morgan fingerprint density at radius 1 is 1.60 bits per heavy atom. The molecule has 1 saturated heterocycles. The van der Waals surface area contributed by atoms with Crippen molar-refractivity contribution in [2.75, 3.05) is 13.1 Å². The lowest BCUT2D eigenvalue weighted by molar-refractivity contribution is 0.669. The molecular formula is C10H15ClN2OS. The van der Waals surface area contributed by atoms with E-state index in [2.05, 4.69) is 10.3 Å². The van der Waals surface area contributed by atoms with E-state index in [1.807, 2.05) is 19.1 Å². The van der Waals surface area contributed by atoms with Gasteiger partial charge in [0.05, 0.1) is 16.0 Å². The van der Waals surface area contributed by atoms with Gasteiger partial charge in [0.2, 0.25) is 0 Å². The van der Waals surface area contributed by atoms with Crippen LogP contribution >= 0.6 is 12.4 Å². The summed E-state index contributed by atoms with van der Waals surface area (Å²) in [5, 5.41) is 4.18. The van der Waals surface area contributed by atoms with E-state index in [1.165, 1.54) is 0 Å². The molecule has 1 N–H and O–H groups in total. The summed E-state index contributed by atoms with van der Waals surface area (Å²) in [7, 11) is -0.943. The molecular weight excluding hydrogens is 232 g/mol. The highest BCUT2D eigenvalue weighted by molar-refractivity contribution is 7.85. The smallest absolute Gasteiger partial charge is 0.127 e. The maximum atomic E-state index is 12.0. The average molecular weight is 247 g/mol. The second-order valence-corrected chi connectivity index (χ2v) is 5.26. The number of halogens is 1. The predicted octanol–water partition coefficient (Wildman–Crippen LogP) is 1.28. The summed E-state index contributed by atoms with van der Waals surface area (Å²) in [6, 6.07) is 3.84. The highest BCUT2D eigenvalue weighted by atomic mass is 35.5. The Morgan fingerprint density at radius 2 is 2.40 bits per heavy atom. The van der Waals surface area contributed by atoms with Gasteiger partial charge in [0, 0.05) is 12.7 Å². The van der Waals surface area contributed by atoms with Gasteiger partial charge in [-0.3, -0.25) is 4.21 Å². The van der Waals surface area contributed by atoms with E-state index in [0.717, 1.165) is 30.1 Å². The van der Waals surface area contributed by atoms with Crippen LogP contribution in [-0.4, -0.2) is 27.5 Å². The van der Waals surface area contributed by atoms with Gasteiger partial charge >= 0.3 is 0 Å². The zero-order valence-electron chi connectivity index (χ0n) is 8.60. The van der Waals surface area contributed by atoms with Crippen molar-refractivity contribution < 1.29 is 4.21 Å². The second-order valence-electron chi connectivity index (χ2n) is 3.58. The number of nitrogens with one attached hydrogen (secondary N) is 1. The van der Waals surface area contributed by atoms with E-state index < -0.39 is 10.8 Å². The quantitative estimate of drug-likeness (QED) is 0.855. The number of rotatable bonds is 2. The molecule has 5 heteroatoms. The fourth-order valence-corrected chi connectivity index (χ4v) is 3.01. The van der Waals surface area contributed by atoms with Crippen molar-refractivity contribution in [1.29, 1.82) is 0 Å². The number of hydrogen-bond donors (Lipinski definition) is 1. The Labute approximate surface area is 98.5 Å². The number of aromatic nitrogens is 1. The van der Waals surface area contributed by atoms with Gasteiger partial charge in [0.25, 0.3) is 0 Å². The van der Waals surface area contributed by atoms with Crippen LogP contribution in [0.25, 0.3) is 0 Å². The molecule has 0 radical (unpaired) electrons. The number of hydrogen-bond acceptors (Lipinski definition) is 3. The van der Waals surface area contributed by atoms with Crippen LogP contribution in [0.2, 0.25) is 0 Å². The van der Waals surface area contributed by atoms with E-state index in [4.69, 9.17) is 0 Å². The van der Waals surface area contributed by atoms with Gasteiger partial charge in [-0.15, -0.1) is 12.4 Å². The lowest BCUT2D eigenvalue weighted by atomic mass is 10.3. The van der Waals surface area contributed by atoms with E-state index in [1.54, 1.807) is 6.20 Å². The summed E-state index contributed by atoms with van der Waals surface area (Å²) >= 11 is 0. The monoisotopic (exact) mass is 246 g/mol. The zero-order valence-corrected chi connectivity index (χ0v) is 10.2. The minimum absolute atomic E-state index is 0. The van der Waals surface area contributed by atoms with Crippen molar-refractivity contribution in [2.24, 2.45) is 0 Å². The molecule has 0 spiro atoms. The van der Waals surface area contributed by atoms with Crippen molar-refractivity contribution in [2.45, 2.75) is 23.6 Å². The number of aryl methyl sites for hydroxylation is 1. The summed E-state index contributed by atoms with van der Waals surface area (Å²) in [5.74, 6) is 0. The van der Waals surface area contributed by atoms with Crippen LogP contribution in [-0.2, 0) is 10.8 Å². The molecule has 0 saturated carbocycles. The molecule has 2 heterocycles. The Balaban J connectivity index is 0.00000112. The maximum Gasteiger partial charge on any atom is 0.127 e. The summed E-state index contributed by atoms with van der Waals surface area (Å²) in [6.45, 7) is 3.82. The largest absolute Gasteiger partial charge is 0.315 e. The van der Waals surface area contributed by atoms with Crippen molar-refractivity contribution in [3.05, 3.63) is 23.9 Å². The zero-order chi connectivity index (χ0) is 9.97. The normalized spacial score (nSPS) is 22.1. The Kier molecular flexibility index (Phi) is 4.70. The number of pyridine rings is 1. The molecule has 3 nitrogen and oxygen atoms in total. The minimum atomic E-state index is -0.943. The van der Waals surface area contributed by atoms with Crippen LogP contribution in [0, 0.1) is 6.92 Å². The SMILES string of the molecule is Cc1ccnc(S(=O)[C@@H]2CCNC2)c1.Cl. The third-order valence-corrected chi connectivity index (χ3v) is 4.06. The van der Waals surface area contributed by atoms with E-state index in [-0.39, 0.29) is 17.7 Å². The van der Waals surface area contributed by atoms with E-state index >= 15 is 0 Å². The topological polar surface area (TPSA) is 42.0 Å². The summed E-state index contributed by atoms with van der Waals surface area (Å²) in [6.07, 6.45) is 2.72. The summed E-state index contributed by atoms with van der Waals surface area (Å²) in [5.41, 5.74) is 1.12. The molecule has 0 bridgehead atoms. The molecule has 1 unspecified atom stereocenters. The van der Waals surface area contributed by atoms with Crippen LogP contribution in [0.15, 0.2) is 23.4 Å². The van der Waals surface area contributed by atoms with Crippen LogP contribution < -0.4 is 5.32 Å². The third-order valence-electron chi connectivity index (χ3n) is 2.41. The lowest BCUT2D eigenvalue weighted by Crippen LogP contribution is -2.19. The molecule has 15 heavy (non-hydrogen) atoms. The van der Waals surface area contributed by atoms with Crippen LogP contribution in [0.3, 0.4) is 0 Å². The van der Waals surface area contributed by atoms with Gasteiger partial charge < -0.3 is 5.32 Å². The van der Waals surface area contributed by atoms with Gasteiger partial charge in [0.15, 0.2) is 0 Å². The molecule has 2 rings (SSSR count). The molecule has 84 valence electrons. The Hall–Kier alpha value is -0.450. The average Bonchev–Trinajstić information content (AvgIpc) is 2.69. The molecule has 0 aromatic carbocycles. The van der Waals surface area contributed by atoms with Gasteiger partial charge in [0.1, 0.15) is 5.03 Å². The van der Waals surface area contributed by atoms with Crippen LogP contribution in [0.4, 0.5) is 0 Å². The molecule has 0 amide bonds. The molecule has 2 atom stereocenters. The lowest BCUT2D eigenvalue weighted by Gasteiger charge is -2.07. The molecule has 1 aliphatic rings. The minimum Gasteiger partial charge on any atom is -0.315 e. The Morgan fingerprint density at radius 3 is 3.00 bits per heavy atom. The third kappa shape index (κ3) is 3.00. The Bertz CT molecular complexity index is 353. The van der Waals surface area contributed by atoms with Gasteiger partial charge in [-0.2, -0.15) is 0 Å². The first kappa shape index (κ1) is 12.6. The molecule has 1 fully saturated rings. The fourth-order valence-electron chi connectivity index (χ4n) is 1.60. The second kappa shape index (κ2) is 5.58. The molecule has 1 aliphatic heterocycles. The first-order valence-electron chi connectivity index (χ1n) is 4.81. The van der Waals surface area contributed by atoms with Gasteiger partial charge in [-0.1, -0.05) is 0 Å². The van der Waals surface area contributed by atoms with Gasteiger partial charge in [-0.25, -0.2) is 4.98 Å². The molecule has 1 aromatic rings. The first-order valence-corrected chi connectivity index (χ1v) is 6.02. The molecule has 1 aromatic heterocycles. The van der Waals surface area contributed by atoms with Crippen molar-refractivity contribution >= 4 is 23.2 Å². The predicted molar refractivity (Wildman–Crippen MR) is 63.9 cm³/mol. The van der Waals surface area contributed by atoms with Crippen molar-refractivity contribution in [1.82, 2.24) is 10.3 Å². The van der Waals surface area contributed by atoms with Crippen LogP contribution in [0.5, 0.6) is 0 Å². The van der Waals surface area contributed by atoms with Gasteiger partial charge in [-0.05, 0) is 37.6 Å². The number of nitrogens with zero attached hydrogens (tertiary/aromatic N) is 1. The van der Waals surface area contributed by atoms with E-state index in [9.17, 15) is 4.21 Å². The summed E-state index contributed by atoms with van der Waals surface area (Å²) in [4.78, 5) is 4.16.